The summed E-state index contributed by atoms with van der Waals surface area (Å²) in [5.74, 6) is -0.465. The topological polar surface area (TPSA) is 69.7 Å². The van der Waals surface area contributed by atoms with Crippen molar-refractivity contribution in [1.29, 1.82) is 0 Å². The van der Waals surface area contributed by atoms with Crippen LogP contribution in [0.4, 0.5) is 11.4 Å². The zero-order chi connectivity index (χ0) is 21.1. The molecule has 7 heteroatoms. The van der Waals surface area contributed by atoms with Gasteiger partial charge in [-0.2, -0.15) is 0 Å². The van der Waals surface area contributed by atoms with Gasteiger partial charge in [0, 0.05) is 30.5 Å². The van der Waals surface area contributed by atoms with Gasteiger partial charge in [-0.1, -0.05) is 41.9 Å². The van der Waals surface area contributed by atoms with Crippen LogP contribution in [0.2, 0.25) is 5.02 Å². The third kappa shape index (κ3) is 4.33. The maximum atomic E-state index is 12.9. The number of nitrogens with zero attached hydrogens (tertiary/aromatic N) is 2. The Morgan fingerprint density at radius 1 is 1.03 bits per heavy atom. The molecule has 30 heavy (non-hydrogen) atoms. The van der Waals surface area contributed by atoms with Gasteiger partial charge in [0.05, 0.1) is 11.4 Å². The van der Waals surface area contributed by atoms with E-state index >= 15 is 0 Å². The lowest BCUT2D eigenvalue weighted by molar-refractivity contribution is -0.133. The Bertz CT molecular complexity index is 978. The van der Waals surface area contributed by atoms with Gasteiger partial charge < -0.3 is 15.1 Å². The van der Waals surface area contributed by atoms with Crippen molar-refractivity contribution in [2.45, 2.75) is 38.1 Å². The molecule has 2 aromatic carbocycles. The minimum Gasteiger partial charge on any atom is -0.339 e. The molecule has 0 saturated carbocycles. The summed E-state index contributed by atoms with van der Waals surface area (Å²) in [6, 6.07) is 15.0. The zero-order valence-corrected chi connectivity index (χ0v) is 17.4. The summed E-state index contributed by atoms with van der Waals surface area (Å²) >= 11 is 6.29. The van der Waals surface area contributed by atoms with Crippen molar-refractivity contribution >= 4 is 40.7 Å². The first-order chi connectivity index (χ1) is 14.5. The lowest BCUT2D eigenvalue weighted by atomic mass is 10.0. The Morgan fingerprint density at radius 3 is 2.60 bits per heavy atom. The third-order valence-electron chi connectivity index (χ3n) is 5.74. The quantitative estimate of drug-likeness (QED) is 0.795. The molecular weight excluding hydrogens is 402 g/mol. The number of nitrogens with one attached hydrogen (secondary N) is 1. The fraction of sp³-hybridized carbons (Fsp3) is 0.348. The highest BCUT2D eigenvalue weighted by Crippen LogP contribution is 2.30. The van der Waals surface area contributed by atoms with Gasteiger partial charge in [0.2, 0.25) is 17.7 Å². The molecule has 2 aromatic rings. The molecule has 1 fully saturated rings. The highest BCUT2D eigenvalue weighted by atomic mass is 35.5. The molecule has 2 aliphatic rings. The summed E-state index contributed by atoms with van der Waals surface area (Å²) in [5.41, 5.74) is 2.33. The van der Waals surface area contributed by atoms with Gasteiger partial charge in [-0.3, -0.25) is 14.4 Å². The molecule has 156 valence electrons. The van der Waals surface area contributed by atoms with Crippen LogP contribution in [0.25, 0.3) is 0 Å². The normalized spacial score (nSPS) is 18.2. The van der Waals surface area contributed by atoms with Crippen LogP contribution in [0.1, 0.15) is 31.2 Å². The number of hydrogen-bond donors (Lipinski definition) is 1. The molecule has 1 unspecified atom stereocenters. The maximum absolute atomic E-state index is 12.9. The van der Waals surface area contributed by atoms with Gasteiger partial charge >= 0.3 is 0 Å². The van der Waals surface area contributed by atoms with E-state index < -0.39 is 0 Å². The van der Waals surface area contributed by atoms with Gasteiger partial charge in [0.1, 0.15) is 6.54 Å². The summed E-state index contributed by atoms with van der Waals surface area (Å²) < 4.78 is 0. The van der Waals surface area contributed by atoms with Crippen molar-refractivity contribution in [1.82, 2.24) is 4.90 Å². The second kappa shape index (κ2) is 8.88. The summed E-state index contributed by atoms with van der Waals surface area (Å²) in [6.07, 6.45) is 2.83. The van der Waals surface area contributed by atoms with Crippen molar-refractivity contribution in [2.24, 2.45) is 0 Å². The highest BCUT2D eigenvalue weighted by Gasteiger charge is 2.31. The second-order valence-electron chi connectivity index (χ2n) is 7.72. The number of hydrogen-bond acceptors (Lipinski definition) is 3. The molecule has 0 bridgehead atoms. The van der Waals surface area contributed by atoms with Crippen molar-refractivity contribution in [3.05, 3.63) is 59.1 Å². The number of para-hydroxylation sites is 2. The fourth-order valence-corrected chi connectivity index (χ4v) is 4.46. The van der Waals surface area contributed by atoms with E-state index in [-0.39, 0.29) is 43.1 Å². The van der Waals surface area contributed by atoms with E-state index in [2.05, 4.69) is 5.32 Å². The Balaban J connectivity index is 1.38. The number of rotatable bonds is 5. The third-order valence-corrected chi connectivity index (χ3v) is 6.10. The average molecular weight is 426 g/mol. The first-order valence-corrected chi connectivity index (χ1v) is 10.6. The van der Waals surface area contributed by atoms with Gasteiger partial charge in [-0.25, -0.2) is 0 Å². The summed E-state index contributed by atoms with van der Waals surface area (Å²) in [7, 11) is 0. The van der Waals surface area contributed by atoms with Crippen LogP contribution in [-0.4, -0.2) is 41.8 Å². The average Bonchev–Trinajstić information content (AvgIpc) is 3.21. The maximum Gasteiger partial charge on any atom is 0.244 e. The molecule has 3 amide bonds. The molecule has 0 spiro atoms. The Labute approximate surface area is 180 Å². The molecular formula is C23H24ClN3O3. The smallest absolute Gasteiger partial charge is 0.244 e. The number of anilines is 2. The van der Waals surface area contributed by atoms with Crippen molar-refractivity contribution in [3.8, 4) is 0 Å². The summed E-state index contributed by atoms with van der Waals surface area (Å²) in [6.45, 7) is 0.681. The van der Waals surface area contributed by atoms with Gasteiger partial charge in [0.15, 0.2) is 0 Å². The number of fused-ring (bicyclic) bond motifs is 1. The lowest BCUT2D eigenvalue weighted by Gasteiger charge is -2.29. The highest BCUT2D eigenvalue weighted by molar-refractivity contribution is 6.31. The number of amides is 3. The minimum absolute atomic E-state index is 0.0207. The monoisotopic (exact) mass is 425 g/mol. The molecule has 1 saturated heterocycles. The molecule has 6 nitrogen and oxygen atoms in total. The largest absolute Gasteiger partial charge is 0.339 e. The van der Waals surface area contributed by atoms with Crippen molar-refractivity contribution < 1.29 is 14.4 Å². The zero-order valence-electron chi connectivity index (χ0n) is 16.6. The standard InChI is InChI=1S/C23H24ClN3O3/c24-18-8-2-1-6-16(18)14-17-7-5-13-26(17)22(29)11-12-23(30)27-15-21(28)25-19-9-3-4-10-20(19)27/h1-4,6,8-10,17H,5,7,11-15H2,(H,25,28). The molecule has 1 atom stereocenters. The van der Waals surface area contributed by atoms with Crippen LogP contribution in [-0.2, 0) is 20.8 Å². The SMILES string of the molecule is O=C1CN(C(=O)CCC(=O)N2CCCC2Cc2ccccc2Cl)c2ccccc2N1. The minimum atomic E-state index is -0.229. The summed E-state index contributed by atoms with van der Waals surface area (Å²) in [5, 5.41) is 3.49. The number of halogens is 1. The van der Waals surface area contributed by atoms with Crippen LogP contribution < -0.4 is 10.2 Å². The van der Waals surface area contributed by atoms with E-state index in [1.54, 1.807) is 12.1 Å². The first kappa shape index (κ1) is 20.4. The van der Waals surface area contributed by atoms with Gasteiger partial charge in [-0.05, 0) is 43.0 Å². The number of likely N-dealkylation sites (tertiary alicyclic amines) is 1. The predicted molar refractivity (Wildman–Crippen MR) is 117 cm³/mol. The van der Waals surface area contributed by atoms with E-state index in [0.29, 0.717) is 22.9 Å². The van der Waals surface area contributed by atoms with Gasteiger partial charge in [-0.15, -0.1) is 0 Å². The van der Waals surface area contributed by atoms with Crippen LogP contribution >= 0.6 is 11.6 Å². The number of benzene rings is 2. The number of carbonyl (C=O) groups is 3. The predicted octanol–water partition coefficient (Wildman–Crippen LogP) is 3.64. The van der Waals surface area contributed by atoms with Crippen molar-refractivity contribution in [3.63, 3.8) is 0 Å². The Hall–Kier alpha value is -2.86. The van der Waals surface area contributed by atoms with E-state index in [0.717, 1.165) is 24.8 Å². The Kier molecular flexibility index (Phi) is 6.04. The molecule has 1 N–H and O–H groups in total. The van der Waals surface area contributed by atoms with E-state index in [9.17, 15) is 14.4 Å². The van der Waals surface area contributed by atoms with Crippen LogP contribution in [0.5, 0.6) is 0 Å². The fourth-order valence-electron chi connectivity index (χ4n) is 4.24. The van der Waals surface area contributed by atoms with Crippen molar-refractivity contribution in [2.75, 3.05) is 23.3 Å². The summed E-state index contributed by atoms with van der Waals surface area (Å²) in [4.78, 5) is 41.0. The van der Waals surface area contributed by atoms with Crippen LogP contribution in [0, 0.1) is 0 Å². The van der Waals surface area contributed by atoms with Crippen LogP contribution in [0.15, 0.2) is 48.5 Å². The van der Waals surface area contributed by atoms with E-state index in [4.69, 9.17) is 11.6 Å². The van der Waals surface area contributed by atoms with E-state index in [1.807, 2.05) is 41.3 Å². The molecule has 4 rings (SSSR count). The lowest BCUT2D eigenvalue weighted by Crippen LogP contribution is -2.43. The number of carbonyl (C=O) groups excluding carboxylic acids is 3. The Morgan fingerprint density at radius 2 is 1.77 bits per heavy atom. The van der Waals surface area contributed by atoms with E-state index in [1.165, 1.54) is 4.90 Å². The molecule has 0 aliphatic carbocycles. The van der Waals surface area contributed by atoms with Gasteiger partial charge in [0.25, 0.3) is 0 Å². The molecule has 2 heterocycles. The second-order valence-corrected chi connectivity index (χ2v) is 8.13. The molecule has 2 aliphatic heterocycles. The molecule has 0 radical (unpaired) electrons. The molecule has 0 aromatic heterocycles. The van der Waals surface area contributed by atoms with Crippen LogP contribution in [0.3, 0.4) is 0 Å². The first-order valence-electron chi connectivity index (χ1n) is 10.2.